The number of ether oxygens (including phenoxy) is 1. The van der Waals surface area contributed by atoms with Crippen LogP contribution in [0.1, 0.15) is 42.0 Å². The molecule has 1 atom stereocenters. The lowest BCUT2D eigenvalue weighted by molar-refractivity contribution is -0.128. The van der Waals surface area contributed by atoms with E-state index in [9.17, 15) is 9.90 Å². The minimum Gasteiger partial charge on any atom is -0.507 e. The van der Waals surface area contributed by atoms with Crippen LogP contribution in [-0.4, -0.2) is 28.5 Å². The van der Waals surface area contributed by atoms with Crippen LogP contribution < -0.4 is 10.1 Å². The summed E-state index contributed by atoms with van der Waals surface area (Å²) >= 11 is 0. The third kappa shape index (κ3) is 2.83. The van der Waals surface area contributed by atoms with E-state index >= 15 is 0 Å². The Morgan fingerprint density at radius 3 is 2.57 bits per heavy atom. The molecule has 5 nitrogen and oxygen atoms in total. The maximum absolute atomic E-state index is 11.7. The van der Waals surface area contributed by atoms with Crippen LogP contribution in [0.15, 0.2) is 0 Å². The number of fused-ring (bicyclic) bond motifs is 1. The van der Waals surface area contributed by atoms with Gasteiger partial charge in [0.05, 0.1) is 6.61 Å². The van der Waals surface area contributed by atoms with Gasteiger partial charge in [-0.2, -0.15) is 0 Å². The van der Waals surface area contributed by atoms with Crippen LogP contribution in [0, 0.1) is 20.8 Å². The molecule has 5 heteroatoms. The Hall–Kier alpha value is -1.75. The van der Waals surface area contributed by atoms with E-state index in [1.807, 2.05) is 27.7 Å². The first kappa shape index (κ1) is 15.6. The second-order valence-electron chi connectivity index (χ2n) is 5.89. The average Bonchev–Trinajstić information content (AvgIpc) is 2.42. The van der Waals surface area contributed by atoms with Crippen molar-refractivity contribution in [3.05, 3.63) is 22.3 Å². The molecule has 1 unspecified atom stereocenters. The average molecular weight is 293 g/mol. The topological polar surface area (TPSA) is 78.8 Å². The SMILES string of the molecule is Cc1c(C)c2c(c(C)c1O)CCC(C)(NC(=O)CCO)O2. The van der Waals surface area contributed by atoms with Crippen LogP contribution in [0.2, 0.25) is 0 Å². The summed E-state index contributed by atoms with van der Waals surface area (Å²) in [5, 5.41) is 21.8. The fraction of sp³-hybridized carbons (Fsp3) is 0.562. The van der Waals surface area contributed by atoms with Gasteiger partial charge >= 0.3 is 0 Å². The van der Waals surface area contributed by atoms with Crippen molar-refractivity contribution in [2.45, 2.75) is 52.7 Å². The van der Waals surface area contributed by atoms with Crippen LogP contribution in [-0.2, 0) is 11.2 Å². The lowest BCUT2D eigenvalue weighted by Crippen LogP contribution is -2.52. The quantitative estimate of drug-likeness (QED) is 0.795. The molecule has 1 amide bonds. The molecule has 0 spiro atoms. The number of phenols is 1. The van der Waals surface area contributed by atoms with Crippen LogP contribution in [0.25, 0.3) is 0 Å². The Morgan fingerprint density at radius 2 is 1.95 bits per heavy atom. The number of rotatable bonds is 3. The highest BCUT2D eigenvalue weighted by Crippen LogP contribution is 2.42. The van der Waals surface area contributed by atoms with Crippen molar-refractivity contribution in [3.63, 3.8) is 0 Å². The largest absolute Gasteiger partial charge is 0.507 e. The van der Waals surface area contributed by atoms with Gasteiger partial charge in [0.25, 0.3) is 0 Å². The standard InChI is InChI=1S/C16H23NO4/c1-9-10(2)15-12(11(3)14(9)20)5-7-16(4,21-15)17-13(19)6-8-18/h18,20H,5-8H2,1-4H3,(H,17,19). The molecule has 1 heterocycles. The molecular formula is C16H23NO4. The smallest absolute Gasteiger partial charge is 0.225 e. The normalized spacial score (nSPS) is 20.6. The molecule has 1 aromatic carbocycles. The first-order valence-corrected chi connectivity index (χ1v) is 7.21. The number of amides is 1. The molecule has 0 saturated heterocycles. The molecule has 1 aromatic rings. The number of carbonyl (C=O) groups is 1. The van der Waals surface area contributed by atoms with Crippen LogP contribution in [0.5, 0.6) is 11.5 Å². The van der Waals surface area contributed by atoms with Crippen molar-refractivity contribution in [2.24, 2.45) is 0 Å². The first-order chi connectivity index (χ1) is 9.79. The van der Waals surface area contributed by atoms with Crippen molar-refractivity contribution in [1.29, 1.82) is 0 Å². The molecule has 0 radical (unpaired) electrons. The fourth-order valence-corrected chi connectivity index (χ4v) is 2.79. The molecule has 0 fully saturated rings. The van der Waals surface area contributed by atoms with Crippen molar-refractivity contribution >= 4 is 5.91 Å². The van der Waals surface area contributed by atoms with Crippen LogP contribution in [0.4, 0.5) is 0 Å². The van der Waals surface area contributed by atoms with Crippen LogP contribution >= 0.6 is 0 Å². The zero-order valence-corrected chi connectivity index (χ0v) is 13.0. The van der Waals surface area contributed by atoms with Crippen molar-refractivity contribution in [3.8, 4) is 11.5 Å². The summed E-state index contributed by atoms with van der Waals surface area (Å²) < 4.78 is 6.06. The number of benzene rings is 1. The Balaban J connectivity index is 2.34. The zero-order valence-electron chi connectivity index (χ0n) is 13.0. The predicted molar refractivity (Wildman–Crippen MR) is 79.5 cm³/mol. The second-order valence-corrected chi connectivity index (χ2v) is 5.89. The van der Waals surface area contributed by atoms with Crippen LogP contribution in [0.3, 0.4) is 0 Å². The summed E-state index contributed by atoms with van der Waals surface area (Å²) in [5.41, 5.74) is 2.77. The minimum atomic E-state index is -0.778. The Kier molecular flexibility index (Phi) is 4.14. The molecule has 21 heavy (non-hydrogen) atoms. The number of nitrogens with one attached hydrogen (secondary N) is 1. The Morgan fingerprint density at radius 1 is 1.29 bits per heavy atom. The molecule has 1 aliphatic heterocycles. The van der Waals surface area contributed by atoms with Crippen molar-refractivity contribution in [2.75, 3.05) is 6.61 Å². The van der Waals surface area contributed by atoms with Gasteiger partial charge in [-0.1, -0.05) is 0 Å². The summed E-state index contributed by atoms with van der Waals surface area (Å²) in [5.74, 6) is 0.844. The minimum absolute atomic E-state index is 0.0679. The van der Waals surface area contributed by atoms with Gasteiger partial charge < -0.3 is 20.3 Å². The van der Waals surface area contributed by atoms with Crippen molar-refractivity contribution < 1.29 is 19.7 Å². The summed E-state index contributed by atoms with van der Waals surface area (Å²) in [7, 11) is 0. The van der Waals surface area contributed by atoms with Gasteiger partial charge in [0, 0.05) is 18.4 Å². The van der Waals surface area contributed by atoms with Crippen molar-refractivity contribution in [1.82, 2.24) is 5.32 Å². The molecule has 0 saturated carbocycles. The van der Waals surface area contributed by atoms with E-state index in [4.69, 9.17) is 9.84 Å². The first-order valence-electron chi connectivity index (χ1n) is 7.21. The molecule has 0 aromatic heterocycles. The number of hydrogen-bond acceptors (Lipinski definition) is 4. The fourth-order valence-electron chi connectivity index (χ4n) is 2.79. The summed E-state index contributed by atoms with van der Waals surface area (Å²) in [6.45, 7) is 7.31. The summed E-state index contributed by atoms with van der Waals surface area (Å²) in [6.07, 6.45) is 1.42. The lowest BCUT2D eigenvalue weighted by Gasteiger charge is -2.38. The molecule has 2 rings (SSSR count). The molecular weight excluding hydrogens is 270 g/mol. The number of aromatic hydroxyl groups is 1. The molecule has 116 valence electrons. The summed E-state index contributed by atoms with van der Waals surface area (Å²) in [4.78, 5) is 11.7. The van der Waals surface area contributed by atoms with E-state index in [0.29, 0.717) is 12.2 Å². The maximum atomic E-state index is 11.7. The van der Waals surface area contributed by atoms with Gasteiger partial charge in [0.2, 0.25) is 5.91 Å². The van der Waals surface area contributed by atoms with Gasteiger partial charge in [-0.15, -0.1) is 0 Å². The van der Waals surface area contributed by atoms with E-state index in [1.165, 1.54) is 0 Å². The Labute approximate surface area is 124 Å². The zero-order chi connectivity index (χ0) is 15.8. The number of aliphatic hydroxyl groups is 1. The molecule has 0 bridgehead atoms. The number of aliphatic hydroxyl groups excluding tert-OH is 1. The van der Waals surface area contributed by atoms with E-state index in [0.717, 1.165) is 34.4 Å². The molecule has 0 aliphatic carbocycles. The van der Waals surface area contributed by atoms with Gasteiger partial charge in [0.15, 0.2) is 5.72 Å². The highest BCUT2D eigenvalue weighted by Gasteiger charge is 2.35. The van der Waals surface area contributed by atoms with Gasteiger partial charge in [-0.3, -0.25) is 4.79 Å². The van der Waals surface area contributed by atoms with E-state index < -0.39 is 5.72 Å². The second kappa shape index (κ2) is 5.56. The predicted octanol–water partition coefficient (Wildman–Crippen LogP) is 1.86. The van der Waals surface area contributed by atoms with E-state index in [2.05, 4.69) is 5.32 Å². The molecule has 1 aliphatic rings. The van der Waals surface area contributed by atoms with Gasteiger partial charge in [-0.05, 0) is 50.8 Å². The van der Waals surface area contributed by atoms with E-state index in [1.54, 1.807) is 0 Å². The lowest BCUT2D eigenvalue weighted by atomic mass is 9.90. The third-order valence-electron chi connectivity index (χ3n) is 4.26. The maximum Gasteiger partial charge on any atom is 0.225 e. The van der Waals surface area contributed by atoms with E-state index in [-0.39, 0.29) is 18.9 Å². The van der Waals surface area contributed by atoms with Gasteiger partial charge in [0.1, 0.15) is 11.5 Å². The Bertz CT molecular complexity index is 582. The highest BCUT2D eigenvalue weighted by molar-refractivity contribution is 5.76. The number of carbonyl (C=O) groups excluding carboxylic acids is 1. The molecule has 3 N–H and O–H groups in total. The monoisotopic (exact) mass is 293 g/mol. The van der Waals surface area contributed by atoms with Gasteiger partial charge in [-0.25, -0.2) is 0 Å². The third-order valence-corrected chi connectivity index (χ3v) is 4.26. The highest BCUT2D eigenvalue weighted by atomic mass is 16.5. The number of phenolic OH excluding ortho intramolecular Hbond substituents is 1. The number of hydrogen-bond donors (Lipinski definition) is 3. The summed E-state index contributed by atoms with van der Waals surface area (Å²) in [6, 6.07) is 0.